The summed E-state index contributed by atoms with van der Waals surface area (Å²) in [5, 5.41) is 6.69. The van der Waals surface area contributed by atoms with Crippen molar-refractivity contribution in [3.05, 3.63) is 28.8 Å². The number of rotatable bonds is 6. The third-order valence-corrected chi connectivity index (χ3v) is 3.47. The van der Waals surface area contributed by atoms with Crippen molar-refractivity contribution in [3.63, 3.8) is 0 Å². The Balaban J connectivity index is 1.62. The second-order valence-electron chi connectivity index (χ2n) is 4.97. The summed E-state index contributed by atoms with van der Waals surface area (Å²) in [5.74, 6) is 0.760. The molecule has 1 unspecified atom stereocenters. The Bertz CT molecular complexity index is 476. The van der Waals surface area contributed by atoms with E-state index in [1.165, 1.54) is 0 Å². The number of amides is 1. The third-order valence-electron chi connectivity index (χ3n) is 3.23. The highest BCUT2D eigenvalue weighted by molar-refractivity contribution is 6.30. The van der Waals surface area contributed by atoms with E-state index in [-0.39, 0.29) is 12.0 Å². The molecule has 0 bridgehead atoms. The summed E-state index contributed by atoms with van der Waals surface area (Å²) in [6.45, 7) is 5.04. The van der Waals surface area contributed by atoms with Crippen LogP contribution in [0, 0.1) is 6.92 Å². The first-order valence-electron chi connectivity index (χ1n) is 7.16. The second-order valence-corrected chi connectivity index (χ2v) is 5.40. The van der Waals surface area contributed by atoms with E-state index >= 15 is 0 Å². The van der Waals surface area contributed by atoms with Crippen molar-refractivity contribution < 1.29 is 14.3 Å². The van der Waals surface area contributed by atoms with Crippen molar-refractivity contribution in [3.8, 4) is 5.75 Å². The number of aryl methyl sites for hydroxylation is 1. The molecule has 0 saturated carbocycles. The molecule has 21 heavy (non-hydrogen) atoms. The molecule has 1 heterocycles. The van der Waals surface area contributed by atoms with Crippen LogP contribution in [0.5, 0.6) is 5.75 Å². The molecule has 1 saturated heterocycles. The fourth-order valence-electron chi connectivity index (χ4n) is 2.09. The van der Waals surface area contributed by atoms with Crippen LogP contribution in [-0.2, 0) is 9.53 Å². The lowest BCUT2D eigenvalue weighted by Gasteiger charge is -2.22. The largest absolute Gasteiger partial charge is 0.493 e. The monoisotopic (exact) mass is 312 g/mol. The van der Waals surface area contributed by atoms with Gasteiger partial charge in [-0.05, 0) is 37.1 Å². The SMILES string of the molecule is Cc1cc(Cl)ccc1OCCCNC(=O)C1CNCCO1. The second kappa shape index (κ2) is 8.22. The number of nitrogens with one attached hydrogen (secondary N) is 2. The molecule has 116 valence electrons. The molecule has 0 aliphatic carbocycles. The van der Waals surface area contributed by atoms with E-state index in [2.05, 4.69) is 10.6 Å². The molecule has 5 nitrogen and oxygen atoms in total. The molecule has 1 amide bonds. The zero-order chi connectivity index (χ0) is 15.1. The minimum atomic E-state index is -0.377. The maximum atomic E-state index is 11.8. The fourth-order valence-corrected chi connectivity index (χ4v) is 2.31. The zero-order valence-corrected chi connectivity index (χ0v) is 12.9. The number of hydrogen-bond acceptors (Lipinski definition) is 4. The van der Waals surface area contributed by atoms with Gasteiger partial charge in [0.05, 0.1) is 13.2 Å². The van der Waals surface area contributed by atoms with Crippen LogP contribution < -0.4 is 15.4 Å². The summed E-state index contributed by atoms with van der Waals surface area (Å²) < 4.78 is 11.0. The first kappa shape index (κ1) is 16.1. The first-order valence-corrected chi connectivity index (χ1v) is 7.53. The molecule has 1 aliphatic heterocycles. The highest BCUT2D eigenvalue weighted by Crippen LogP contribution is 2.21. The van der Waals surface area contributed by atoms with Gasteiger partial charge in [-0.3, -0.25) is 4.79 Å². The lowest BCUT2D eigenvalue weighted by atomic mass is 10.2. The highest BCUT2D eigenvalue weighted by Gasteiger charge is 2.20. The Morgan fingerprint density at radius 1 is 1.57 bits per heavy atom. The van der Waals surface area contributed by atoms with Crippen LogP contribution >= 0.6 is 11.6 Å². The Morgan fingerprint density at radius 2 is 2.43 bits per heavy atom. The van der Waals surface area contributed by atoms with Gasteiger partial charge in [-0.2, -0.15) is 0 Å². The standard InChI is InChI=1S/C15H21ClN2O3/c1-11-9-12(16)3-4-13(11)20-7-2-5-18-15(19)14-10-17-6-8-21-14/h3-4,9,14,17H,2,5-8,10H2,1H3,(H,18,19). The summed E-state index contributed by atoms with van der Waals surface area (Å²) in [4.78, 5) is 11.8. The van der Waals surface area contributed by atoms with Gasteiger partial charge in [0, 0.05) is 24.7 Å². The number of carbonyl (C=O) groups is 1. The van der Waals surface area contributed by atoms with Gasteiger partial charge in [0.15, 0.2) is 0 Å². The lowest BCUT2D eigenvalue weighted by molar-refractivity contribution is -0.134. The van der Waals surface area contributed by atoms with Crippen molar-refractivity contribution in [2.24, 2.45) is 0 Å². The van der Waals surface area contributed by atoms with Crippen molar-refractivity contribution >= 4 is 17.5 Å². The van der Waals surface area contributed by atoms with Gasteiger partial charge in [0.1, 0.15) is 11.9 Å². The molecule has 1 fully saturated rings. The Hall–Kier alpha value is -1.30. The predicted molar refractivity (Wildman–Crippen MR) is 81.9 cm³/mol. The predicted octanol–water partition coefficient (Wildman–Crippen LogP) is 1.52. The third kappa shape index (κ3) is 5.19. The van der Waals surface area contributed by atoms with E-state index in [0.29, 0.717) is 31.3 Å². The zero-order valence-electron chi connectivity index (χ0n) is 12.2. The summed E-state index contributed by atoms with van der Waals surface area (Å²) >= 11 is 5.89. The molecule has 0 aromatic heterocycles. The van der Waals surface area contributed by atoms with E-state index in [0.717, 1.165) is 24.3 Å². The van der Waals surface area contributed by atoms with Gasteiger partial charge >= 0.3 is 0 Å². The van der Waals surface area contributed by atoms with Crippen LogP contribution in [0.2, 0.25) is 5.02 Å². The first-order chi connectivity index (χ1) is 10.2. The van der Waals surface area contributed by atoms with Crippen molar-refractivity contribution in [2.45, 2.75) is 19.4 Å². The normalized spacial score (nSPS) is 18.3. The Morgan fingerprint density at radius 3 is 3.14 bits per heavy atom. The van der Waals surface area contributed by atoms with E-state index in [9.17, 15) is 4.79 Å². The molecule has 1 aromatic carbocycles. The smallest absolute Gasteiger partial charge is 0.250 e. The number of morpholine rings is 1. The number of carbonyl (C=O) groups excluding carboxylic acids is 1. The van der Waals surface area contributed by atoms with Crippen LogP contribution in [0.25, 0.3) is 0 Å². The van der Waals surface area contributed by atoms with Crippen LogP contribution in [0.3, 0.4) is 0 Å². The molecule has 1 atom stereocenters. The van der Waals surface area contributed by atoms with Crippen LogP contribution in [0.4, 0.5) is 0 Å². The van der Waals surface area contributed by atoms with Crippen LogP contribution in [0.15, 0.2) is 18.2 Å². The fraction of sp³-hybridized carbons (Fsp3) is 0.533. The van der Waals surface area contributed by atoms with Gasteiger partial charge in [-0.1, -0.05) is 11.6 Å². The quantitative estimate of drug-likeness (QED) is 0.782. The summed E-state index contributed by atoms with van der Waals surface area (Å²) in [5.41, 5.74) is 1.01. The van der Waals surface area contributed by atoms with Crippen molar-refractivity contribution in [1.29, 1.82) is 0 Å². The van der Waals surface area contributed by atoms with E-state index in [1.54, 1.807) is 6.07 Å². The van der Waals surface area contributed by atoms with Gasteiger partial charge in [0.2, 0.25) is 5.91 Å². The number of hydrogen-bond donors (Lipinski definition) is 2. The van der Waals surface area contributed by atoms with Gasteiger partial charge in [-0.15, -0.1) is 0 Å². The average Bonchev–Trinajstić information content (AvgIpc) is 2.49. The molecule has 6 heteroatoms. The molecular formula is C15H21ClN2O3. The van der Waals surface area contributed by atoms with Crippen LogP contribution in [0.1, 0.15) is 12.0 Å². The Kier molecular flexibility index (Phi) is 6.29. The minimum absolute atomic E-state index is 0.0649. The maximum Gasteiger partial charge on any atom is 0.250 e. The highest BCUT2D eigenvalue weighted by atomic mass is 35.5. The van der Waals surface area contributed by atoms with Gasteiger partial charge < -0.3 is 20.1 Å². The Labute approximate surface area is 130 Å². The number of ether oxygens (including phenoxy) is 2. The average molecular weight is 313 g/mol. The summed E-state index contributed by atoms with van der Waals surface area (Å²) in [7, 11) is 0. The summed E-state index contributed by atoms with van der Waals surface area (Å²) in [6.07, 6.45) is 0.367. The van der Waals surface area contributed by atoms with E-state index in [4.69, 9.17) is 21.1 Å². The number of halogens is 1. The van der Waals surface area contributed by atoms with Crippen molar-refractivity contribution in [1.82, 2.24) is 10.6 Å². The maximum absolute atomic E-state index is 11.8. The molecule has 2 N–H and O–H groups in total. The lowest BCUT2D eigenvalue weighted by Crippen LogP contribution is -2.48. The molecule has 1 aromatic rings. The van der Waals surface area contributed by atoms with Gasteiger partial charge in [0.25, 0.3) is 0 Å². The van der Waals surface area contributed by atoms with Crippen LogP contribution in [-0.4, -0.2) is 44.9 Å². The number of benzene rings is 1. The molecule has 0 spiro atoms. The summed E-state index contributed by atoms with van der Waals surface area (Å²) in [6, 6.07) is 5.53. The molecule has 0 radical (unpaired) electrons. The van der Waals surface area contributed by atoms with E-state index in [1.807, 2.05) is 19.1 Å². The van der Waals surface area contributed by atoms with E-state index < -0.39 is 0 Å². The van der Waals surface area contributed by atoms with Gasteiger partial charge in [-0.25, -0.2) is 0 Å². The molecular weight excluding hydrogens is 292 g/mol. The molecule has 1 aliphatic rings. The topological polar surface area (TPSA) is 59.6 Å². The minimum Gasteiger partial charge on any atom is -0.493 e. The molecule has 2 rings (SSSR count). The van der Waals surface area contributed by atoms with Crippen molar-refractivity contribution in [2.75, 3.05) is 32.8 Å².